The highest BCUT2D eigenvalue weighted by atomic mass is 19.1. The lowest BCUT2D eigenvalue weighted by atomic mass is 10.1. The molecule has 0 saturated carbocycles. The molecule has 0 amide bonds. The second-order valence-corrected chi connectivity index (χ2v) is 3.39. The maximum Gasteiger partial charge on any atom is 0.134 e. The SMILES string of the molecule is Cc1ccc(-c2ccc(CO)o2)cc1F. The van der Waals surface area contributed by atoms with Crippen LogP contribution in [0.15, 0.2) is 34.7 Å². The van der Waals surface area contributed by atoms with Gasteiger partial charge in [-0.25, -0.2) is 4.39 Å². The molecule has 0 radical (unpaired) electrons. The molecule has 1 aromatic heterocycles. The normalized spacial score (nSPS) is 10.6. The minimum Gasteiger partial charge on any atom is -0.459 e. The summed E-state index contributed by atoms with van der Waals surface area (Å²) in [6.45, 7) is 1.56. The Hall–Kier alpha value is -1.61. The van der Waals surface area contributed by atoms with Gasteiger partial charge in [0.1, 0.15) is 23.9 Å². The highest BCUT2D eigenvalue weighted by molar-refractivity contribution is 5.58. The molecule has 0 spiro atoms. The average molecular weight is 206 g/mol. The van der Waals surface area contributed by atoms with Gasteiger partial charge in [-0.3, -0.25) is 0 Å². The Bertz CT molecular complexity index is 474. The summed E-state index contributed by atoms with van der Waals surface area (Å²) in [4.78, 5) is 0. The lowest BCUT2D eigenvalue weighted by Gasteiger charge is -1.99. The van der Waals surface area contributed by atoms with Crippen LogP contribution >= 0.6 is 0 Å². The largest absolute Gasteiger partial charge is 0.459 e. The van der Waals surface area contributed by atoms with Gasteiger partial charge in [0, 0.05) is 5.56 Å². The molecule has 2 rings (SSSR count). The van der Waals surface area contributed by atoms with Crippen molar-refractivity contribution in [2.75, 3.05) is 0 Å². The van der Waals surface area contributed by atoms with Gasteiger partial charge in [-0.05, 0) is 30.7 Å². The van der Waals surface area contributed by atoms with Crippen molar-refractivity contribution in [2.45, 2.75) is 13.5 Å². The number of furan rings is 1. The molecule has 0 aliphatic rings. The van der Waals surface area contributed by atoms with Gasteiger partial charge in [-0.1, -0.05) is 12.1 Å². The summed E-state index contributed by atoms with van der Waals surface area (Å²) in [6.07, 6.45) is 0. The Morgan fingerprint density at radius 2 is 2.07 bits per heavy atom. The van der Waals surface area contributed by atoms with Crippen LogP contribution in [0, 0.1) is 12.7 Å². The van der Waals surface area contributed by atoms with Crippen LogP contribution in [-0.4, -0.2) is 5.11 Å². The monoisotopic (exact) mass is 206 g/mol. The standard InChI is InChI=1S/C12H11FO2/c1-8-2-3-9(6-11(8)13)12-5-4-10(7-14)15-12/h2-6,14H,7H2,1H3. The number of halogens is 1. The van der Waals surface area contributed by atoms with Crippen molar-refractivity contribution in [2.24, 2.45) is 0 Å². The zero-order valence-electron chi connectivity index (χ0n) is 8.33. The van der Waals surface area contributed by atoms with Crippen LogP contribution in [-0.2, 0) is 6.61 Å². The molecule has 2 nitrogen and oxygen atoms in total. The first-order valence-electron chi connectivity index (χ1n) is 4.67. The molecule has 15 heavy (non-hydrogen) atoms. The second-order valence-electron chi connectivity index (χ2n) is 3.39. The number of aliphatic hydroxyl groups excluding tert-OH is 1. The maximum absolute atomic E-state index is 13.3. The molecule has 0 bridgehead atoms. The average Bonchev–Trinajstić information content (AvgIpc) is 2.70. The van der Waals surface area contributed by atoms with E-state index in [-0.39, 0.29) is 12.4 Å². The summed E-state index contributed by atoms with van der Waals surface area (Å²) in [5.41, 5.74) is 1.28. The van der Waals surface area contributed by atoms with Gasteiger partial charge < -0.3 is 9.52 Å². The van der Waals surface area contributed by atoms with Gasteiger partial charge >= 0.3 is 0 Å². The van der Waals surface area contributed by atoms with Crippen molar-refractivity contribution in [1.29, 1.82) is 0 Å². The summed E-state index contributed by atoms with van der Waals surface area (Å²) in [5.74, 6) is 0.790. The molecule has 3 heteroatoms. The van der Waals surface area contributed by atoms with Gasteiger partial charge in [0.2, 0.25) is 0 Å². The van der Waals surface area contributed by atoms with E-state index in [1.807, 2.05) is 0 Å². The Kier molecular flexibility index (Phi) is 2.56. The van der Waals surface area contributed by atoms with E-state index in [1.165, 1.54) is 6.07 Å². The van der Waals surface area contributed by atoms with E-state index in [0.29, 0.717) is 22.6 Å². The minimum absolute atomic E-state index is 0.145. The van der Waals surface area contributed by atoms with Crippen LogP contribution in [0.1, 0.15) is 11.3 Å². The third-order valence-corrected chi connectivity index (χ3v) is 2.27. The van der Waals surface area contributed by atoms with Crippen molar-refractivity contribution in [3.8, 4) is 11.3 Å². The molecule has 2 aromatic rings. The van der Waals surface area contributed by atoms with Crippen LogP contribution in [0.5, 0.6) is 0 Å². The van der Waals surface area contributed by atoms with Crippen molar-refractivity contribution >= 4 is 0 Å². The quantitative estimate of drug-likeness (QED) is 0.819. The molecule has 0 unspecified atom stereocenters. The predicted octanol–water partition coefficient (Wildman–Crippen LogP) is 2.89. The van der Waals surface area contributed by atoms with E-state index >= 15 is 0 Å². The third-order valence-electron chi connectivity index (χ3n) is 2.27. The highest BCUT2D eigenvalue weighted by Crippen LogP contribution is 2.23. The fourth-order valence-corrected chi connectivity index (χ4v) is 1.36. The van der Waals surface area contributed by atoms with Crippen molar-refractivity contribution in [3.63, 3.8) is 0 Å². The van der Waals surface area contributed by atoms with Crippen LogP contribution < -0.4 is 0 Å². The van der Waals surface area contributed by atoms with E-state index in [1.54, 1.807) is 31.2 Å². The molecule has 0 fully saturated rings. The number of hydrogen-bond donors (Lipinski definition) is 1. The Labute approximate surface area is 87.0 Å². The van der Waals surface area contributed by atoms with E-state index in [4.69, 9.17) is 9.52 Å². The molecule has 0 saturated heterocycles. The Morgan fingerprint density at radius 1 is 1.27 bits per heavy atom. The maximum atomic E-state index is 13.3. The molecule has 0 atom stereocenters. The summed E-state index contributed by atoms with van der Waals surface area (Å²) in [6, 6.07) is 8.31. The Morgan fingerprint density at radius 3 is 2.67 bits per heavy atom. The van der Waals surface area contributed by atoms with Crippen LogP contribution in [0.4, 0.5) is 4.39 Å². The summed E-state index contributed by atoms with van der Waals surface area (Å²) in [7, 11) is 0. The van der Waals surface area contributed by atoms with Gasteiger partial charge in [0.15, 0.2) is 0 Å². The van der Waals surface area contributed by atoms with Gasteiger partial charge in [0.25, 0.3) is 0 Å². The molecular formula is C12H11FO2. The lowest BCUT2D eigenvalue weighted by Crippen LogP contribution is -1.83. The third kappa shape index (κ3) is 1.92. The van der Waals surface area contributed by atoms with Gasteiger partial charge in [-0.2, -0.15) is 0 Å². The summed E-state index contributed by atoms with van der Waals surface area (Å²) in [5, 5.41) is 8.83. The zero-order valence-corrected chi connectivity index (χ0v) is 8.33. The zero-order chi connectivity index (χ0) is 10.8. The molecule has 1 heterocycles. The van der Waals surface area contributed by atoms with E-state index in [2.05, 4.69) is 0 Å². The lowest BCUT2D eigenvalue weighted by molar-refractivity contribution is 0.248. The number of aryl methyl sites for hydroxylation is 1. The van der Waals surface area contributed by atoms with Gasteiger partial charge in [0.05, 0.1) is 0 Å². The summed E-state index contributed by atoms with van der Waals surface area (Å²) < 4.78 is 18.6. The first kappa shape index (κ1) is 9.93. The number of hydrogen-bond acceptors (Lipinski definition) is 2. The van der Waals surface area contributed by atoms with Crippen LogP contribution in [0.25, 0.3) is 11.3 Å². The smallest absolute Gasteiger partial charge is 0.134 e. The minimum atomic E-state index is -0.255. The van der Waals surface area contributed by atoms with Crippen molar-refractivity contribution in [3.05, 3.63) is 47.5 Å². The second kappa shape index (κ2) is 3.87. The first-order chi connectivity index (χ1) is 7.20. The van der Waals surface area contributed by atoms with Crippen LogP contribution in [0.3, 0.4) is 0 Å². The van der Waals surface area contributed by atoms with Crippen molar-refractivity contribution in [1.82, 2.24) is 0 Å². The van der Waals surface area contributed by atoms with Crippen LogP contribution in [0.2, 0.25) is 0 Å². The Balaban J connectivity index is 2.40. The number of benzene rings is 1. The fourth-order valence-electron chi connectivity index (χ4n) is 1.36. The molecular weight excluding hydrogens is 195 g/mol. The highest BCUT2D eigenvalue weighted by Gasteiger charge is 2.06. The van der Waals surface area contributed by atoms with Gasteiger partial charge in [-0.15, -0.1) is 0 Å². The van der Waals surface area contributed by atoms with E-state index in [9.17, 15) is 4.39 Å². The topological polar surface area (TPSA) is 33.4 Å². The first-order valence-corrected chi connectivity index (χ1v) is 4.67. The van der Waals surface area contributed by atoms with E-state index < -0.39 is 0 Å². The fraction of sp³-hybridized carbons (Fsp3) is 0.167. The summed E-state index contributed by atoms with van der Waals surface area (Å²) >= 11 is 0. The molecule has 0 aliphatic heterocycles. The van der Waals surface area contributed by atoms with Crippen molar-refractivity contribution < 1.29 is 13.9 Å². The number of rotatable bonds is 2. The number of aliphatic hydroxyl groups is 1. The molecule has 1 N–H and O–H groups in total. The molecule has 78 valence electrons. The molecule has 1 aromatic carbocycles. The predicted molar refractivity (Wildman–Crippen MR) is 54.8 cm³/mol. The molecule has 0 aliphatic carbocycles. The van der Waals surface area contributed by atoms with E-state index in [0.717, 1.165) is 0 Å².